The average molecular weight is 363 g/mol. The summed E-state index contributed by atoms with van der Waals surface area (Å²) in [7, 11) is 0. The second kappa shape index (κ2) is 6.88. The highest BCUT2D eigenvalue weighted by Gasteiger charge is 2.58. The lowest BCUT2D eigenvalue weighted by Gasteiger charge is -2.57. The van der Waals surface area contributed by atoms with E-state index < -0.39 is 5.60 Å². The number of fused-ring (bicyclic) bond motifs is 5. The normalized spacial score (nSPS) is 50.6. The Balaban J connectivity index is 1.47. The Hall–Kier alpha value is -0.410. The summed E-state index contributed by atoms with van der Waals surface area (Å²) >= 11 is 0. The van der Waals surface area contributed by atoms with Gasteiger partial charge in [0, 0.05) is 12.5 Å². The van der Waals surface area contributed by atoms with Gasteiger partial charge in [-0.15, -0.1) is 0 Å². The number of aliphatic hydroxyl groups is 1. The van der Waals surface area contributed by atoms with Crippen LogP contribution in [0, 0.1) is 40.9 Å². The molecule has 4 rings (SSSR count). The van der Waals surface area contributed by atoms with Crippen molar-refractivity contribution in [3.63, 3.8) is 0 Å². The molecule has 0 aromatic rings. The summed E-state index contributed by atoms with van der Waals surface area (Å²) < 4.78 is 5.58. The monoisotopic (exact) mass is 362 g/mol. The van der Waals surface area contributed by atoms with E-state index in [2.05, 4.69) is 6.92 Å². The maximum Gasteiger partial charge on any atom is 0.133 e. The first kappa shape index (κ1) is 18.9. The van der Waals surface area contributed by atoms with Gasteiger partial charge in [0.15, 0.2) is 0 Å². The van der Waals surface area contributed by atoms with Crippen LogP contribution in [0.5, 0.6) is 0 Å². The molecule has 4 fully saturated rings. The molecule has 3 heteroatoms. The Morgan fingerprint density at radius 2 is 1.81 bits per heavy atom. The van der Waals surface area contributed by atoms with Gasteiger partial charge in [-0.05, 0) is 107 Å². The lowest BCUT2D eigenvalue weighted by molar-refractivity contribution is -0.136. The Bertz CT molecular complexity index is 546. The minimum atomic E-state index is -0.583. The molecule has 4 aliphatic carbocycles. The smallest absolute Gasteiger partial charge is 0.133 e. The molecule has 0 spiro atoms. The summed E-state index contributed by atoms with van der Waals surface area (Å²) in [5.74, 6) is 4.67. The quantitative estimate of drug-likeness (QED) is 0.794. The second-order valence-corrected chi connectivity index (χ2v) is 10.3. The summed E-state index contributed by atoms with van der Waals surface area (Å²) in [5.41, 5.74) is -0.315. The molecule has 3 nitrogen and oxygen atoms in total. The van der Waals surface area contributed by atoms with Gasteiger partial charge in [-0.3, -0.25) is 4.79 Å². The molecule has 0 bridgehead atoms. The Labute approximate surface area is 159 Å². The molecule has 0 aromatic carbocycles. The maximum absolute atomic E-state index is 12.2. The molecule has 148 valence electrons. The molecule has 4 aliphatic rings. The molecule has 0 heterocycles. The molecule has 0 aliphatic heterocycles. The fourth-order valence-corrected chi connectivity index (χ4v) is 8.05. The van der Waals surface area contributed by atoms with Gasteiger partial charge in [-0.2, -0.15) is 0 Å². The lowest BCUT2D eigenvalue weighted by Crippen LogP contribution is -2.52. The largest absolute Gasteiger partial charge is 0.387 e. The van der Waals surface area contributed by atoms with Crippen LogP contribution in [-0.2, 0) is 9.53 Å². The van der Waals surface area contributed by atoms with Crippen molar-refractivity contribution in [3.05, 3.63) is 0 Å². The van der Waals surface area contributed by atoms with Crippen LogP contribution in [0.2, 0.25) is 0 Å². The van der Waals surface area contributed by atoms with Crippen molar-refractivity contribution >= 4 is 5.78 Å². The number of Topliss-reactive ketones (excluding diaryl/α,β-unsaturated/α-hetero) is 1. The van der Waals surface area contributed by atoms with Gasteiger partial charge in [0.05, 0.1) is 12.2 Å². The summed E-state index contributed by atoms with van der Waals surface area (Å²) in [6.45, 7) is 7.47. The number of rotatable bonds is 4. The summed E-state index contributed by atoms with van der Waals surface area (Å²) in [6.07, 6.45) is 10.6. The van der Waals surface area contributed by atoms with Crippen molar-refractivity contribution < 1.29 is 14.6 Å². The van der Waals surface area contributed by atoms with Crippen LogP contribution in [0.25, 0.3) is 0 Å². The van der Waals surface area contributed by atoms with Crippen molar-refractivity contribution in [2.45, 2.75) is 84.2 Å². The van der Waals surface area contributed by atoms with E-state index in [-0.39, 0.29) is 5.41 Å². The molecular formula is C23H38O3. The Morgan fingerprint density at radius 3 is 2.54 bits per heavy atom. The molecule has 0 unspecified atom stereocenters. The van der Waals surface area contributed by atoms with E-state index >= 15 is 0 Å². The molecule has 0 radical (unpaired) electrons. The summed E-state index contributed by atoms with van der Waals surface area (Å²) in [6, 6.07) is 0. The number of carbonyl (C=O) groups is 1. The zero-order valence-corrected chi connectivity index (χ0v) is 17.0. The van der Waals surface area contributed by atoms with Crippen LogP contribution in [0.15, 0.2) is 0 Å². The molecule has 1 N–H and O–H groups in total. The van der Waals surface area contributed by atoms with Crippen molar-refractivity contribution in [2.24, 2.45) is 40.9 Å². The highest BCUT2D eigenvalue weighted by atomic mass is 16.5. The van der Waals surface area contributed by atoms with Gasteiger partial charge >= 0.3 is 0 Å². The minimum absolute atomic E-state index is 0.268. The van der Waals surface area contributed by atoms with E-state index in [4.69, 9.17) is 4.74 Å². The average Bonchev–Trinajstić information content (AvgIpc) is 2.97. The van der Waals surface area contributed by atoms with Gasteiger partial charge in [0.25, 0.3) is 0 Å². The maximum atomic E-state index is 12.2. The predicted molar refractivity (Wildman–Crippen MR) is 103 cm³/mol. The highest BCUT2D eigenvalue weighted by Crippen LogP contribution is 2.64. The van der Waals surface area contributed by atoms with E-state index in [0.717, 1.165) is 42.9 Å². The van der Waals surface area contributed by atoms with Gasteiger partial charge < -0.3 is 9.84 Å². The van der Waals surface area contributed by atoms with Crippen LogP contribution in [0.3, 0.4) is 0 Å². The van der Waals surface area contributed by atoms with Crippen LogP contribution in [0.1, 0.15) is 78.6 Å². The molecule has 0 amide bonds. The second-order valence-electron chi connectivity index (χ2n) is 10.3. The van der Waals surface area contributed by atoms with Gasteiger partial charge in [0.2, 0.25) is 0 Å². The Kier molecular flexibility index (Phi) is 5.01. The summed E-state index contributed by atoms with van der Waals surface area (Å²) in [5, 5.41) is 11.0. The van der Waals surface area contributed by atoms with Crippen LogP contribution < -0.4 is 0 Å². The van der Waals surface area contributed by atoms with Crippen molar-refractivity contribution in [2.75, 3.05) is 13.2 Å². The fourth-order valence-electron chi connectivity index (χ4n) is 8.05. The molecule has 0 saturated heterocycles. The first-order valence-electron chi connectivity index (χ1n) is 11.2. The molecule has 8 atom stereocenters. The van der Waals surface area contributed by atoms with E-state index in [0.29, 0.717) is 30.8 Å². The van der Waals surface area contributed by atoms with Crippen molar-refractivity contribution in [3.8, 4) is 0 Å². The first-order valence-corrected chi connectivity index (χ1v) is 11.2. The third-order valence-electron chi connectivity index (χ3n) is 9.17. The molecule has 0 aromatic heterocycles. The highest BCUT2D eigenvalue weighted by molar-refractivity contribution is 5.79. The number of ether oxygens (including phenoxy) is 1. The van der Waals surface area contributed by atoms with E-state index in [1.165, 1.54) is 38.5 Å². The minimum Gasteiger partial charge on any atom is -0.387 e. The standard InChI is InChI=1S/C23H38O3/c1-4-26-14-23(25)12-10-17-16(13-23)5-6-19-18(17)9-11-22(3)20(15(2)24)7-8-21(19)22/h16-21,25H,4-14H2,1-3H3/t16-,17+,18-,19-,20-,21+,22-,23+/m1/s1. The topological polar surface area (TPSA) is 46.5 Å². The number of ketones is 1. The third kappa shape index (κ3) is 2.98. The molecule has 26 heavy (non-hydrogen) atoms. The van der Waals surface area contributed by atoms with Crippen LogP contribution >= 0.6 is 0 Å². The van der Waals surface area contributed by atoms with E-state index in [9.17, 15) is 9.90 Å². The van der Waals surface area contributed by atoms with Crippen molar-refractivity contribution in [1.82, 2.24) is 0 Å². The molecular weight excluding hydrogens is 324 g/mol. The van der Waals surface area contributed by atoms with E-state index in [1.54, 1.807) is 0 Å². The third-order valence-corrected chi connectivity index (χ3v) is 9.17. The number of hydrogen-bond acceptors (Lipinski definition) is 3. The van der Waals surface area contributed by atoms with Gasteiger partial charge in [-0.1, -0.05) is 6.92 Å². The SMILES string of the molecule is CCOC[C@]1(O)CC[C@H]2[C@H](CC[C@@H]3[C@@H]2CC[C@]2(C)[C@@H](C(C)=O)CC[C@@H]32)C1. The van der Waals surface area contributed by atoms with Crippen LogP contribution in [-0.4, -0.2) is 29.7 Å². The molecule has 4 saturated carbocycles. The zero-order chi connectivity index (χ0) is 18.5. The van der Waals surface area contributed by atoms with Crippen molar-refractivity contribution in [1.29, 1.82) is 0 Å². The zero-order valence-electron chi connectivity index (χ0n) is 17.0. The van der Waals surface area contributed by atoms with Gasteiger partial charge in [-0.25, -0.2) is 0 Å². The fraction of sp³-hybridized carbons (Fsp3) is 0.957. The number of carbonyl (C=O) groups excluding carboxylic acids is 1. The lowest BCUT2D eigenvalue weighted by atomic mass is 9.49. The van der Waals surface area contributed by atoms with Gasteiger partial charge in [0.1, 0.15) is 5.78 Å². The predicted octanol–water partition coefficient (Wildman–Crippen LogP) is 4.61. The number of hydrogen-bond donors (Lipinski definition) is 1. The van der Waals surface area contributed by atoms with E-state index in [1.807, 2.05) is 13.8 Å². The first-order chi connectivity index (χ1) is 12.4. The Morgan fingerprint density at radius 1 is 1.04 bits per heavy atom. The van der Waals surface area contributed by atoms with Crippen LogP contribution in [0.4, 0.5) is 0 Å². The summed E-state index contributed by atoms with van der Waals surface area (Å²) in [4.78, 5) is 12.2.